The van der Waals surface area contributed by atoms with E-state index in [0.717, 1.165) is 33.4 Å². The Labute approximate surface area is 184 Å². The average Bonchev–Trinajstić information content (AvgIpc) is 3.41. The molecule has 8 heteroatoms. The minimum atomic E-state index is -0.536. The molecular weight excluding hydrogens is 404 g/mol. The standard InChI is InChI=1S/C24H24N6O2/c1-15-3-2-4-16(9-15)11-26-22-24(32)30-19(14-27-22)5-6-21(30)23(31)28-13-18-10-17-12-25-8-7-20(17)29-18/h2-4,7-10,12,14,21,29H,5-6,11,13H2,1H3,(H,26,27)(H,28,31)/t21-/m0/s1. The number of aryl methyl sites for hydroxylation is 2. The number of pyridine rings is 1. The van der Waals surface area contributed by atoms with E-state index in [1.165, 1.54) is 0 Å². The highest BCUT2D eigenvalue weighted by atomic mass is 16.2. The fraction of sp³-hybridized carbons (Fsp3) is 0.250. The average molecular weight is 428 g/mol. The summed E-state index contributed by atoms with van der Waals surface area (Å²) in [5.41, 5.74) is 4.62. The Bertz CT molecular complexity index is 1320. The van der Waals surface area contributed by atoms with Crippen LogP contribution in [0.1, 0.15) is 35.0 Å². The molecule has 3 aromatic heterocycles. The van der Waals surface area contributed by atoms with Crippen LogP contribution in [0, 0.1) is 6.92 Å². The van der Waals surface area contributed by atoms with Crippen LogP contribution in [-0.4, -0.2) is 25.4 Å². The molecule has 4 heterocycles. The Morgan fingerprint density at radius 2 is 2.12 bits per heavy atom. The van der Waals surface area contributed by atoms with Crippen molar-refractivity contribution < 1.29 is 4.79 Å². The van der Waals surface area contributed by atoms with Crippen molar-refractivity contribution in [2.24, 2.45) is 0 Å². The highest BCUT2D eigenvalue weighted by Gasteiger charge is 2.30. The van der Waals surface area contributed by atoms with Gasteiger partial charge in [0.15, 0.2) is 5.82 Å². The second-order valence-corrected chi connectivity index (χ2v) is 8.15. The first-order valence-corrected chi connectivity index (χ1v) is 10.7. The molecule has 1 aliphatic heterocycles. The molecule has 0 radical (unpaired) electrons. The lowest BCUT2D eigenvalue weighted by atomic mass is 10.1. The molecule has 1 amide bonds. The fourth-order valence-electron chi connectivity index (χ4n) is 4.25. The highest BCUT2D eigenvalue weighted by Crippen LogP contribution is 2.24. The normalized spacial score (nSPS) is 15.0. The summed E-state index contributed by atoms with van der Waals surface area (Å²) in [7, 11) is 0. The van der Waals surface area contributed by atoms with E-state index in [0.29, 0.717) is 25.9 Å². The van der Waals surface area contributed by atoms with Crippen molar-refractivity contribution in [3.63, 3.8) is 0 Å². The van der Waals surface area contributed by atoms with E-state index in [1.54, 1.807) is 23.2 Å². The number of anilines is 1. The Kier molecular flexibility index (Phi) is 5.18. The summed E-state index contributed by atoms with van der Waals surface area (Å²) in [5.74, 6) is 0.0940. The summed E-state index contributed by atoms with van der Waals surface area (Å²) >= 11 is 0. The van der Waals surface area contributed by atoms with E-state index >= 15 is 0 Å². The van der Waals surface area contributed by atoms with Gasteiger partial charge in [-0.15, -0.1) is 0 Å². The number of fused-ring (bicyclic) bond motifs is 2. The molecule has 0 saturated carbocycles. The zero-order valence-electron chi connectivity index (χ0n) is 17.8. The third-order valence-corrected chi connectivity index (χ3v) is 5.83. The summed E-state index contributed by atoms with van der Waals surface area (Å²) < 4.78 is 1.58. The van der Waals surface area contributed by atoms with Crippen molar-refractivity contribution in [2.45, 2.75) is 38.9 Å². The first-order chi connectivity index (χ1) is 15.6. The minimum Gasteiger partial charge on any atom is -0.361 e. The van der Waals surface area contributed by atoms with Crippen molar-refractivity contribution in [3.8, 4) is 0 Å². The largest absolute Gasteiger partial charge is 0.361 e. The van der Waals surface area contributed by atoms with Crippen LogP contribution in [0.5, 0.6) is 0 Å². The fourth-order valence-corrected chi connectivity index (χ4v) is 4.25. The molecule has 0 spiro atoms. The van der Waals surface area contributed by atoms with Gasteiger partial charge < -0.3 is 15.6 Å². The number of hydrogen-bond donors (Lipinski definition) is 3. The third-order valence-electron chi connectivity index (χ3n) is 5.83. The predicted molar refractivity (Wildman–Crippen MR) is 122 cm³/mol. The van der Waals surface area contributed by atoms with Crippen molar-refractivity contribution in [3.05, 3.63) is 87.9 Å². The molecule has 0 aliphatic carbocycles. The van der Waals surface area contributed by atoms with Gasteiger partial charge in [-0.3, -0.25) is 19.1 Å². The maximum atomic E-state index is 13.1. The van der Waals surface area contributed by atoms with E-state index in [1.807, 2.05) is 37.3 Å². The van der Waals surface area contributed by atoms with Crippen molar-refractivity contribution >= 4 is 22.6 Å². The topological polar surface area (TPSA) is 105 Å². The van der Waals surface area contributed by atoms with E-state index in [9.17, 15) is 9.59 Å². The molecule has 3 N–H and O–H groups in total. The smallest absolute Gasteiger partial charge is 0.294 e. The monoisotopic (exact) mass is 428 g/mol. The maximum Gasteiger partial charge on any atom is 0.294 e. The quantitative estimate of drug-likeness (QED) is 0.438. The zero-order valence-corrected chi connectivity index (χ0v) is 17.8. The number of carbonyl (C=O) groups excluding carboxylic acids is 1. The van der Waals surface area contributed by atoms with Gasteiger partial charge in [0.25, 0.3) is 5.56 Å². The Morgan fingerprint density at radius 1 is 1.22 bits per heavy atom. The zero-order chi connectivity index (χ0) is 22.1. The summed E-state index contributed by atoms with van der Waals surface area (Å²) in [6.07, 6.45) is 6.43. The number of H-pyrrole nitrogens is 1. The van der Waals surface area contributed by atoms with Gasteiger partial charge in [-0.05, 0) is 37.5 Å². The lowest BCUT2D eigenvalue weighted by Crippen LogP contribution is -2.36. The molecule has 0 saturated heterocycles. The number of carbonyl (C=O) groups is 1. The molecule has 0 fully saturated rings. The number of nitrogens with zero attached hydrogens (tertiary/aromatic N) is 3. The van der Waals surface area contributed by atoms with E-state index in [2.05, 4.69) is 31.7 Å². The van der Waals surface area contributed by atoms with Crippen LogP contribution in [0.25, 0.3) is 10.9 Å². The lowest BCUT2D eigenvalue weighted by molar-refractivity contribution is -0.124. The predicted octanol–water partition coefficient (Wildman–Crippen LogP) is 2.84. The van der Waals surface area contributed by atoms with E-state index < -0.39 is 6.04 Å². The first kappa shape index (κ1) is 20.0. The van der Waals surface area contributed by atoms with E-state index in [-0.39, 0.29) is 17.3 Å². The van der Waals surface area contributed by atoms with Crippen molar-refractivity contribution in [2.75, 3.05) is 5.32 Å². The molecule has 162 valence electrons. The number of aromatic nitrogens is 4. The number of amides is 1. The van der Waals surface area contributed by atoms with Gasteiger partial charge in [0.2, 0.25) is 5.91 Å². The number of benzene rings is 1. The van der Waals surface area contributed by atoms with Crippen LogP contribution in [0.3, 0.4) is 0 Å². The Balaban J connectivity index is 1.30. The summed E-state index contributed by atoms with van der Waals surface area (Å²) in [6.45, 7) is 2.88. The molecule has 0 bridgehead atoms. The van der Waals surface area contributed by atoms with Gasteiger partial charge in [-0.2, -0.15) is 0 Å². The number of hydrogen-bond acceptors (Lipinski definition) is 5. The van der Waals surface area contributed by atoms with Crippen molar-refractivity contribution in [1.82, 2.24) is 24.8 Å². The lowest BCUT2D eigenvalue weighted by Gasteiger charge is -2.15. The third kappa shape index (κ3) is 3.87. The molecule has 1 aromatic carbocycles. The van der Waals surface area contributed by atoms with Gasteiger partial charge in [0.1, 0.15) is 6.04 Å². The Hall–Kier alpha value is -3.94. The maximum absolute atomic E-state index is 13.1. The summed E-state index contributed by atoms with van der Waals surface area (Å²) in [4.78, 5) is 37.7. The summed E-state index contributed by atoms with van der Waals surface area (Å²) in [6, 6.07) is 11.4. The molecule has 1 aliphatic rings. The Morgan fingerprint density at radius 3 is 2.97 bits per heavy atom. The number of nitrogens with one attached hydrogen (secondary N) is 3. The molecule has 32 heavy (non-hydrogen) atoms. The molecule has 5 rings (SSSR count). The van der Waals surface area contributed by atoms with E-state index in [4.69, 9.17) is 0 Å². The molecule has 1 atom stereocenters. The van der Waals surface area contributed by atoms with Crippen LogP contribution in [-0.2, 0) is 24.3 Å². The molecule has 8 nitrogen and oxygen atoms in total. The van der Waals surface area contributed by atoms with Crippen LogP contribution >= 0.6 is 0 Å². The highest BCUT2D eigenvalue weighted by molar-refractivity contribution is 5.82. The SMILES string of the molecule is Cc1cccc(CNc2ncc3n(c2=O)[C@H](C(=O)NCc2cc4cnccc4[nH]2)CC3)c1. The number of aromatic amines is 1. The first-order valence-electron chi connectivity index (χ1n) is 10.7. The van der Waals surface area contributed by atoms with Crippen molar-refractivity contribution in [1.29, 1.82) is 0 Å². The summed E-state index contributed by atoms with van der Waals surface area (Å²) in [5, 5.41) is 7.09. The molecule has 0 unspecified atom stereocenters. The van der Waals surface area contributed by atoms with Gasteiger partial charge in [-0.1, -0.05) is 29.8 Å². The van der Waals surface area contributed by atoms with Gasteiger partial charge in [0, 0.05) is 47.4 Å². The molecule has 4 aromatic rings. The van der Waals surface area contributed by atoms with Crippen LogP contribution in [0.4, 0.5) is 5.82 Å². The van der Waals surface area contributed by atoms with Crippen LogP contribution in [0.2, 0.25) is 0 Å². The van der Waals surface area contributed by atoms with Crippen LogP contribution < -0.4 is 16.2 Å². The second kappa shape index (κ2) is 8.30. The van der Waals surface area contributed by atoms with Gasteiger partial charge in [-0.25, -0.2) is 4.98 Å². The number of rotatable bonds is 6. The minimum absolute atomic E-state index is 0.168. The van der Waals surface area contributed by atoms with Gasteiger partial charge >= 0.3 is 0 Å². The van der Waals surface area contributed by atoms with Gasteiger partial charge in [0.05, 0.1) is 6.54 Å². The second-order valence-electron chi connectivity index (χ2n) is 8.15. The molecular formula is C24H24N6O2. The van der Waals surface area contributed by atoms with Crippen LogP contribution in [0.15, 0.2) is 59.8 Å².